The van der Waals surface area contributed by atoms with Crippen molar-refractivity contribution in [2.24, 2.45) is 0 Å². The van der Waals surface area contributed by atoms with Crippen LogP contribution in [0.15, 0.2) is 59.1 Å². The molecule has 2 rings (SSSR count). The minimum absolute atomic E-state index is 0.334. The molecule has 0 aliphatic rings. The highest BCUT2D eigenvalue weighted by Crippen LogP contribution is 2.21. The van der Waals surface area contributed by atoms with E-state index in [1.807, 2.05) is 13.0 Å². The van der Waals surface area contributed by atoms with E-state index in [4.69, 9.17) is 14.2 Å². The number of carbonyl (C=O) groups is 2. The van der Waals surface area contributed by atoms with Gasteiger partial charge in [-0.25, -0.2) is 9.59 Å². The van der Waals surface area contributed by atoms with Gasteiger partial charge in [0.1, 0.15) is 11.5 Å². The molecular weight excluding hydrogens is 448 g/mol. The van der Waals surface area contributed by atoms with Gasteiger partial charge in [0, 0.05) is 10.0 Å². The zero-order chi connectivity index (χ0) is 21.9. The van der Waals surface area contributed by atoms with Crippen molar-refractivity contribution in [2.75, 3.05) is 13.2 Å². The van der Waals surface area contributed by atoms with Gasteiger partial charge in [-0.05, 0) is 87.6 Å². The molecule has 0 aliphatic carbocycles. The molecule has 0 saturated carbocycles. The van der Waals surface area contributed by atoms with Crippen LogP contribution in [0.2, 0.25) is 0 Å². The standard InChI is InChI=1S/C24H27BrO5/c1-17(2)23(26)29-15-7-5-4-6-14-28-20-9-11-21(12-10-20)30-24(27)19-8-13-22(25)18(3)16-19/h8-13,16H,1,4-7,14-15H2,2-3H3. The molecule has 6 heteroatoms. The zero-order valence-electron chi connectivity index (χ0n) is 17.4. The van der Waals surface area contributed by atoms with E-state index in [2.05, 4.69) is 22.5 Å². The third-order valence-electron chi connectivity index (χ3n) is 4.32. The van der Waals surface area contributed by atoms with E-state index in [0.29, 0.717) is 30.1 Å². The lowest BCUT2D eigenvalue weighted by Crippen LogP contribution is -2.08. The first-order chi connectivity index (χ1) is 14.4. The Kier molecular flexibility index (Phi) is 9.61. The number of hydrogen-bond acceptors (Lipinski definition) is 5. The minimum Gasteiger partial charge on any atom is -0.494 e. The van der Waals surface area contributed by atoms with E-state index in [1.54, 1.807) is 43.3 Å². The topological polar surface area (TPSA) is 61.8 Å². The summed E-state index contributed by atoms with van der Waals surface area (Å²) in [5.74, 6) is 0.467. The van der Waals surface area contributed by atoms with Gasteiger partial charge >= 0.3 is 11.9 Å². The molecule has 2 aromatic carbocycles. The summed E-state index contributed by atoms with van der Waals surface area (Å²) in [7, 11) is 0. The summed E-state index contributed by atoms with van der Waals surface area (Å²) in [5, 5.41) is 0. The third-order valence-corrected chi connectivity index (χ3v) is 5.21. The summed E-state index contributed by atoms with van der Waals surface area (Å²) in [4.78, 5) is 23.5. The van der Waals surface area contributed by atoms with E-state index in [1.165, 1.54) is 0 Å². The van der Waals surface area contributed by atoms with Crippen LogP contribution in [0.3, 0.4) is 0 Å². The summed E-state index contributed by atoms with van der Waals surface area (Å²) >= 11 is 3.42. The largest absolute Gasteiger partial charge is 0.494 e. The predicted octanol–water partition coefficient (Wildman–Crippen LogP) is 6.04. The smallest absolute Gasteiger partial charge is 0.343 e. The van der Waals surface area contributed by atoms with Crippen molar-refractivity contribution in [1.29, 1.82) is 0 Å². The summed E-state index contributed by atoms with van der Waals surface area (Å²) in [5.41, 5.74) is 1.90. The number of benzene rings is 2. The zero-order valence-corrected chi connectivity index (χ0v) is 19.0. The molecule has 0 fully saturated rings. The van der Waals surface area contributed by atoms with Crippen molar-refractivity contribution >= 4 is 27.9 Å². The molecule has 0 unspecified atom stereocenters. The number of ether oxygens (including phenoxy) is 3. The first-order valence-corrected chi connectivity index (χ1v) is 10.7. The predicted molar refractivity (Wildman–Crippen MR) is 120 cm³/mol. The number of aryl methyl sites for hydroxylation is 1. The van der Waals surface area contributed by atoms with Crippen LogP contribution in [0.1, 0.15) is 48.5 Å². The van der Waals surface area contributed by atoms with Gasteiger partial charge in [-0.3, -0.25) is 0 Å². The number of esters is 2. The summed E-state index contributed by atoms with van der Waals surface area (Å²) in [6.45, 7) is 8.13. The highest BCUT2D eigenvalue weighted by atomic mass is 79.9. The third kappa shape index (κ3) is 8.03. The molecule has 5 nitrogen and oxygen atoms in total. The van der Waals surface area contributed by atoms with Gasteiger partial charge in [0.15, 0.2) is 0 Å². The van der Waals surface area contributed by atoms with Crippen LogP contribution in [-0.4, -0.2) is 25.2 Å². The maximum Gasteiger partial charge on any atom is 0.343 e. The van der Waals surface area contributed by atoms with E-state index in [9.17, 15) is 9.59 Å². The van der Waals surface area contributed by atoms with Gasteiger partial charge in [0.05, 0.1) is 18.8 Å². The SMILES string of the molecule is C=C(C)C(=O)OCCCCCCOc1ccc(OC(=O)c2ccc(Br)c(C)c2)cc1. The molecule has 2 aromatic rings. The van der Waals surface area contributed by atoms with E-state index in [0.717, 1.165) is 41.5 Å². The molecule has 0 atom stereocenters. The van der Waals surface area contributed by atoms with E-state index in [-0.39, 0.29) is 5.97 Å². The molecule has 0 aliphatic heterocycles. The number of rotatable bonds is 11. The first kappa shape index (κ1) is 23.7. The Labute approximate surface area is 186 Å². The maximum atomic E-state index is 12.3. The molecule has 0 heterocycles. The first-order valence-electron chi connectivity index (χ1n) is 9.90. The van der Waals surface area contributed by atoms with Crippen molar-refractivity contribution in [3.8, 4) is 11.5 Å². The van der Waals surface area contributed by atoms with E-state index >= 15 is 0 Å². The Hall–Kier alpha value is -2.60. The summed E-state index contributed by atoms with van der Waals surface area (Å²) in [6, 6.07) is 12.3. The van der Waals surface area contributed by atoms with Crippen LogP contribution in [0, 0.1) is 6.92 Å². The van der Waals surface area contributed by atoms with Crippen molar-refractivity contribution in [3.63, 3.8) is 0 Å². The second kappa shape index (κ2) is 12.2. The van der Waals surface area contributed by atoms with Gasteiger partial charge in [0.25, 0.3) is 0 Å². The van der Waals surface area contributed by atoms with Gasteiger partial charge in [0.2, 0.25) is 0 Å². The Bertz CT molecular complexity index is 874. The molecule has 0 saturated heterocycles. The lowest BCUT2D eigenvalue weighted by molar-refractivity contribution is -0.139. The van der Waals surface area contributed by atoms with Gasteiger partial charge in [-0.2, -0.15) is 0 Å². The van der Waals surface area contributed by atoms with Gasteiger partial charge in [-0.15, -0.1) is 0 Å². The number of carbonyl (C=O) groups excluding carboxylic acids is 2. The Balaban J connectivity index is 1.65. The molecule has 0 spiro atoms. The lowest BCUT2D eigenvalue weighted by Gasteiger charge is -2.09. The molecule has 160 valence electrons. The summed E-state index contributed by atoms with van der Waals surface area (Å²) < 4.78 is 17.1. The van der Waals surface area contributed by atoms with Crippen LogP contribution in [0.5, 0.6) is 11.5 Å². The van der Waals surface area contributed by atoms with Crippen molar-refractivity contribution < 1.29 is 23.8 Å². The van der Waals surface area contributed by atoms with Crippen LogP contribution >= 0.6 is 15.9 Å². The quantitative estimate of drug-likeness (QED) is 0.172. The fraction of sp³-hybridized carbons (Fsp3) is 0.333. The molecule has 30 heavy (non-hydrogen) atoms. The van der Waals surface area contributed by atoms with Crippen LogP contribution in [0.4, 0.5) is 0 Å². The molecule has 0 aromatic heterocycles. The second-order valence-electron chi connectivity index (χ2n) is 7.00. The molecule has 0 N–H and O–H groups in total. The summed E-state index contributed by atoms with van der Waals surface area (Å²) in [6.07, 6.45) is 3.70. The lowest BCUT2D eigenvalue weighted by atomic mass is 10.1. The normalized spacial score (nSPS) is 10.4. The Morgan fingerprint density at radius 3 is 2.20 bits per heavy atom. The number of hydrogen-bond donors (Lipinski definition) is 0. The molecular formula is C24H27BrO5. The van der Waals surface area contributed by atoms with Crippen molar-refractivity contribution in [3.05, 3.63) is 70.2 Å². The number of halogens is 1. The average Bonchev–Trinajstić information content (AvgIpc) is 2.72. The molecule has 0 bridgehead atoms. The molecule has 0 amide bonds. The highest BCUT2D eigenvalue weighted by Gasteiger charge is 2.10. The van der Waals surface area contributed by atoms with Crippen molar-refractivity contribution in [1.82, 2.24) is 0 Å². The van der Waals surface area contributed by atoms with Gasteiger partial charge in [-0.1, -0.05) is 22.5 Å². The maximum absolute atomic E-state index is 12.3. The van der Waals surface area contributed by atoms with Crippen LogP contribution in [-0.2, 0) is 9.53 Å². The van der Waals surface area contributed by atoms with Crippen LogP contribution < -0.4 is 9.47 Å². The fourth-order valence-corrected chi connectivity index (χ4v) is 2.82. The Morgan fingerprint density at radius 1 is 0.933 bits per heavy atom. The fourth-order valence-electron chi connectivity index (χ4n) is 2.58. The molecule has 0 radical (unpaired) electrons. The minimum atomic E-state index is -0.395. The van der Waals surface area contributed by atoms with Crippen molar-refractivity contribution in [2.45, 2.75) is 39.5 Å². The second-order valence-corrected chi connectivity index (χ2v) is 7.86. The Morgan fingerprint density at radius 2 is 1.57 bits per heavy atom. The average molecular weight is 475 g/mol. The van der Waals surface area contributed by atoms with E-state index < -0.39 is 5.97 Å². The highest BCUT2D eigenvalue weighted by molar-refractivity contribution is 9.10. The van der Waals surface area contributed by atoms with Crippen LogP contribution in [0.25, 0.3) is 0 Å². The van der Waals surface area contributed by atoms with Gasteiger partial charge < -0.3 is 14.2 Å². The monoisotopic (exact) mass is 474 g/mol. The number of unbranched alkanes of at least 4 members (excludes halogenated alkanes) is 3.